The van der Waals surface area contributed by atoms with Crippen molar-refractivity contribution in [2.45, 2.75) is 46.0 Å². The Balaban J connectivity index is 1.20. The molecule has 1 aliphatic heterocycles. The number of amides is 2. The van der Waals surface area contributed by atoms with Crippen LogP contribution in [0.5, 0.6) is 0 Å². The molecule has 1 spiro atoms. The molecule has 1 unspecified atom stereocenters. The van der Waals surface area contributed by atoms with Gasteiger partial charge in [0, 0.05) is 32.0 Å². The Morgan fingerprint density at radius 3 is 2.84 bits per heavy atom. The van der Waals surface area contributed by atoms with Crippen LogP contribution in [0.2, 0.25) is 0 Å². The number of hydrogen-bond acceptors (Lipinski definition) is 5. The fourth-order valence-electron chi connectivity index (χ4n) is 4.70. The number of hydrogen-bond donors (Lipinski definition) is 1. The van der Waals surface area contributed by atoms with Crippen LogP contribution in [0.1, 0.15) is 53.6 Å². The molecule has 31 heavy (non-hydrogen) atoms. The highest BCUT2D eigenvalue weighted by Gasteiger charge is 2.54. The number of rotatable bonds is 7. The molecule has 1 atom stereocenters. The minimum atomic E-state index is -0.0691. The maximum atomic E-state index is 12.6. The lowest BCUT2D eigenvalue weighted by Crippen LogP contribution is -2.40. The van der Waals surface area contributed by atoms with Gasteiger partial charge in [0.2, 0.25) is 11.7 Å². The SMILES string of the molecule is CCc1ccncc1CC=CC(=O)NCC1CC12CCN(C(=O)c1ocnc1C)CC2. The van der Waals surface area contributed by atoms with Crippen LogP contribution >= 0.6 is 0 Å². The molecule has 1 N–H and O–H groups in total. The summed E-state index contributed by atoms with van der Waals surface area (Å²) in [6, 6.07) is 2.03. The number of allylic oxidation sites excluding steroid dienone is 1. The first-order chi connectivity index (χ1) is 15.0. The summed E-state index contributed by atoms with van der Waals surface area (Å²) >= 11 is 0. The molecule has 1 aliphatic carbocycles. The lowest BCUT2D eigenvalue weighted by atomic mass is 9.90. The molecular weight excluding hydrogens is 392 g/mol. The van der Waals surface area contributed by atoms with Gasteiger partial charge < -0.3 is 14.6 Å². The van der Waals surface area contributed by atoms with E-state index in [2.05, 4.69) is 22.2 Å². The third kappa shape index (κ3) is 4.70. The van der Waals surface area contributed by atoms with E-state index in [9.17, 15) is 9.59 Å². The number of nitrogens with one attached hydrogen (secondary N) is 1. The average molecular weight is 423 g/mol. The second-order valence-corrected chi connectivity index (χ2v) is 8.67. The third-order valence-corrected chi connectivity index (χ3v) is 6.86. The summed E-state index contributed by atoms with van der Waals surface area (Å²) in [5.41, 5.74) is 3.34. The number of nitrogens with zero attached hydrogens (tertiary/aromatic N) is 3. The first kappa shape index (κ1) is 21.3. The molecule has 2 amide bonds. The van der Waals surface area contributed by atoms with Gasteiger partial charge in [0.15, 0.2) is 6.39 Å². The molecule has 0 bridgehead atoms. The second-order valence-electron chi connectivity index (χ2n) is 8.67. The van der Waals surface area contributed by atoms with Crippen LogP contribution in [0.15, 0.2) is 41.4 Å². The van der Waals surface area contributed by atoms with Crippen LogP contribution in [0.3, 0.4) is 0 Å². The fourth-order valence-corrected chi connectivity index (χ4v) is 4.70. The van der Waals surface area contributed by atoms with E-state index in [1.54, 1.807) is 19.2 Å². The van der Waals surface area contributed by atoms with Gasteiger partial charge in [0.05, 0.1) is 5.69 Å². The molecule has 164 valence electrons. The number of pyridine rings is 1. The zero-order chi connectivity index (χ0) is 21.8. The lowest BCUT2D eigenvalue weighted by Gasteiger charge is -2.32. The molecule has 0 radical (unpaired) electrons. The molecule has 2 aromatic heterocycles. The summed E-state index contributed by atoms with van der Waals surface area (Å²) < 4.78 is 5.25. The zero-order valence-electron chi connectivity index (χ0n) is 18.3. The molecule has 2 aliphatic rings. The van der Waals surface area contributed by atoms with E-state index >= 15 is 0 Å². The summed E-state index contributed by atoms with van der Waals surface area (Å²) in [6.45, 7) is 6.07. The Morgan fingerprint density at radius 1 is 1.32 bits per heavy atom. The van der Waals surface area contributed by atoms with Crippen LogP contribution in [0.4, 0.5) is 0 Å². The number of aryl methyl sites for hydroxylation is 2. The van der Waals surface area contributed by atoms with Crippen molar-refractivity contribution in [2.75, 3.05) is 19.6 Å². The number of piperidine rings is 1. The molecular formula is C24H30N4O3. The fraction of sp³-hybridized carbons (Fsp3) is 0.500. The van der Waals surface area contributed by atoms with E-state index < -0.39 is 0 Å². The standard InChI is InChI=1S/C24H30N4O3/c1-3-18-7-10-25-14-19(18)5-4-6-21(29)26-15-20-13-24(20)8-11-28(12-9-24)23(30)22-17(2)27-16-31-22/h4,6-7,10,14,16,20H,3,5,8-9,11-13,15H2,1-2H3,(H,26,29). The van der Waals surface area contributed by atoms with Crippen LogP contribution in [-0.2, 0) is 17.6 Å². The van der Waals surface area contributed by atoms with Crippen LogP contribution in [-0.4, -0.2) is 46.3 Å². The molecule has 1 saturated heterocycles. The highest BCUT2D eigenvalue weighted by atomic mass is 16.3. The zero-order valence-corrected chi connectivity index (χ0v) is 18.3. The summed E-state index contributed by atoms with van der Waals surface area (Å²) in [6.07, 6.45) is 13.3. The van der Waals surface area contributed by atoms with E-state index in [0.717, 1.165) is 44.3 Å². The van der Waals surface area contributed by atoms with Gasteiger partial charge in [-0.2, -0.15) is 0 Å². The maximum absolute atomic E-state index is 12.6. The van der Waals surface area contributed by atoms with Gasteiger partial charge in [-0.1, -0.05) is 13.0 Å². The monoisotopic (exact) mass is 422 g/mol. The molecule has 2 fully saturated rings. The molecule has 0 aromatic carbocycles. The highest BCUT2D eigenvalue weighted by molar-refractivity contribution is 5.92. The van der Waals surface area contributed by atoms with Crippen molar-refractivity contribution < 1.29 is 14.0 Å². The van der Waals surface area contributed by atoms with Gasteiger partial charge in [-0.25, -0.2) is 4.98 Å². The van der Waals surface area contributed by atoms with E-state index in [4.69, 9.17) is 4.42 Å². The predicted molar refractivity (Wildman–Crippen MR) is 116 cm³/mol. The van der Waals surface area contributed by atoms with E-state index in [1.807, 2.05) is 23.2 Å². The molecule has 4 rings (SSSR count). The summed E-state index contributed by atoms with van der Waals surface area (Å²) in [5.74, 6) is 0.733. The molecule has 7 nitrogen and oxygen atoms in total. The first-order valence-electron chi connectivity index (χ1n) is 11.1. The molecule has 1 saturated carbocycles. The van der Waals surface area contributed by atoms with Gasteiger partial charge >= 0.3 is 0 Å². The van der Waals surface area contributed by atoms with Crippen molar-refractivity contribution in [2.24, 2.45) is 11.3 Å². The van der Waals surface area contributed by atoms with Gasteiger partial charge in [0.1, 0.15) is 0 Å². The van der Waals surface area contributed by atoms with Crippen LogP contribution in [0.25, 0.3) is 0 Å². The van der Waals surface area contributed by atoms with Crippen LogP contribution < -0.4 is 5.32 Å². The Kier molecular flexibility index (Phi) is 6.20. The van der Waals surface area contributed by atoms with Gasteiger partial charge in [0.25, 0.3) is 5.91 Å². The Morgan fingerprint density at radius 2 is 2.13 bits per heavy atom. The summed E-state index contributed by atoms with van der Waals surface area (Å²) in [4.78, 5) is 34.8. The van der Waals surface area contributed by atoms with E-state index in [1.165, 1.54) is 12.0 Å². The van der Waals surface area contributed by atoms with E-state index in [0.29, 0.717) is 30.3 Å². The van der Waals surface area contributed by atoms with Crippen molar-refractivity contribution >= 4 is 11.8 Å². The lowest BCUT2D eigenvalue weighted by molar-refractivity contribution is -0.116. The van der Waals surface area contributed by atoms with Crippen LogP contribution in [0, 0.1) is 18.3 Å². The minimum Gasteiger partial charge on any atom is -0.438 e. The maximum Gasteiger partial charge on any atom is 0.291 e. The molecule has 2 aromatic rings. The number of oxazole rings is 1. The number of aromatic nitrogens is 2. The van der Waals surface area contributed by atoms with E-state index in [-0.39, 0.29) is 17.2 Å². The quantitative estimate of drug-likeness (QED) is 0.693. The van der Waals surface area contributed by atoms with Crippen molar-refractivity contribution in [3.8, 4) is 0 Å². The number of carbonyl (C=O) groups is 2. The Bertz CT molecular complexity index is 973. The molecule has 3 heterocycles. The normalized spacial score (nSPS) is 19.7. The van der Waals surface area contributed by atoms with Crippen molar-refractivity contribution in [1.29, 1.82) is 0 Å². The predicted octanol–water partition coefficient (Wildman–Crippen LogP) is 3.10. The van der Waals surface area contributed by atoms with Crippen molar-refractivity contribution in [1.82, 2.24) is 20.2 Å². The Hall–Kier alpha value is -2.96. The summed E-state index contributed by atoms with van der Waals surface area (Å²) in [5, 5.41) is 3.05. The number of likely N-dealkylation sites (tertiary alicyclic amines) is 1. The highest BCUT2D eigenvalue weighted by Crippen LogP contribution is 2.59. The average Bonchev–Trinajstić information content (AvgIpc) is 3.27. The Labute approximate surface area is 182 Å². The van der Waals surface area contributed by atoms with Crippen molar-refractivity contribution in [3.63, 3.8) is 0 Å². The second kappa shape index (κ2) is 9.04. The van der Waals surface area contributed by atoms with Gasteiger partial charge in [-0.05, 0) is 73.6 Å². The van der Waals surface area contributed by atoms with Crippen molar-refractivity contribution in [3.05, 3.63) is 59.6 Å². The molecule has 7 heteroatoms. The third-order valence-electron chi connectivity index (χ3n) is 6.86. The number of carbonyl (C=O) groups excluding carboxylic acids is 2. The minimum absolute atomic E-state index is 0.0441. The largest absolute Gasteiger partial charge is 0.438 e. The smallest absolute Gasteiger partial charge is 0.291 e. The summed E-state index contributed by atoms with van der Waals surface area (Å²) in [7, 11) is 0. The van der Waals surface area contributed by atoms with Gasteiger partial charge in [-0.3, -0.25) is 14.6 Å². The van der Waals surface area contributed by atoms with Gasteiger partial charge in [-0.15, -0.1) is 0 Å². The first-order valence-corrected chi connectivity index (χ1v) is 11.1. The topological polar surface area (TPSA) is 88.3 Å².